The summed E-state index contributed by atoms with van der Waals surface area (Å²) in [6.07, 6.45) is 1.65. The smallest absolute Gasteiger partial charge is 0.305 e. The van der Waals surface area contributed by atoms with Gasteiger partial charge in [-0.2, -0.15) is 0 Å². The average molecular weight is 234 g/mol. The van der Waals surface area contributed by atoms with Crippen molar-refractivity contribution in [2.45, 2.75) is 12.5 Å². The van der Waals surface area contributed by atoms with E-state index in [2.05, 4.69) is 4.98 Å². The molecule has 1 aromatic carbocycles. The first-order chi connectivity index (χ1) is 8.11. The van der Waals surface area contributed by atoms with Crippen LogP contribution in [0.4, 0.5) is 0 Å². The predicted molar refractivity (Wildman–Crippen MR) is 64.0 cm³/mol. The van der Waals surface area contributed by atoms with Crippen LogP contribution in [0, 0.1) is 0 Å². The Kier molecular flexibility index (Phi) is 3.01. The molecule has 0 saturated heterocycles. The molecular weight excluding hydrogens is 220 g/mol. The van der Waals surface area contributed by atoms with Gasteiger partial charge in [0.1, 0.15) is 5.75 Å². The summed E-state index contributed by atoms with van der Waals surface area (Å²) in [6.45, 7) is 0. The van der Waals surface area contributed by atoms with E-state index >= 15 is 0 Å². The number of hydrogen-bond donors (Lipinski definition) is 3. The highest BCUT2D eigenvalue weighted by molar-refractivity contribution is 5.85. The van der Waals surface area contributed by atoms with E-state index in [0.717, 1.165) is 22.2 Å². The van der Waals surface area contributed by atoms with E-state index in [4.69, 9.17) is 15.6 Å². The average Bonchev–Trinajstić information content (AvgIpc) is 2.70. The van der Waals surface area contributed by atoms with Gasteiger partial charge in [-0.15, -0.1) is 0 Å². The van der Waals surface area contributed by atoms with E-state index in [1.807, 2.05) is 18.2 Å². The van der Waals surface area contributed by atoms with Crippen LogP contribution in [0.3, 0.4) is 0 Å². The van der Waals surface area contributed by atoms with Crippen molar-refractivity contribution < 1.29 is 14.6 Å². The second-order valence-corrected chi connectivity index (χ2v) is 3.86. The second-order valence-electron chi connectivity index (χ2n) is 3.86. The van der Waals surface area contributed by atoms with E-state index in [0.29, 0.717) is 0 Å². The molecule has 0 aliphatic rings. The number of rotatable bonds is 4. The summed E-state index contributed by atoms with van der Waals surface area (Å²) in [6, 6.07) is 5.05. The molecule has 2 aromatic rings. The summed E-state index contributed by atoms with van der Waals surface area (Å²) < 4.78 is 5.14. The number of carboxylic acids is 1. The molecule has 5 heteroatoms. The molecule has 1 heterocycles. The highest BCUT2D eigenvalue weighted by Crippen LogP contribution is 2.27. The van der Waals surface area contributed by atoms with Crippen LogP contribution in [0.5, 0.6) is 5.75 Å². The van der Waals surface area contributed by atoms with E-state index in [1.54, 1.807) is 13.3 Å². The molecule has 90 valence electrons. The number of methoxy groups -OCH3 is 1. The number of hydrogen-bond acceptors (Lipinski definition) is 3. The number of nitrogens with one attached hydrogen (secondary N) is 1. The first-order valence-electron chi connectivity index (χ1n) is 5.24. The molecule has 2 rings (SSSR count). The number of H-pyrrole nitrogens is 1. The van der Waals surface area contributed by atoms with E-state index in [9.17, 15) is 4.79 Å². The van der Waals surface area contributed by atoms with Crippen LogP contribution in [0.15, 0.2) is 24.4 Å². The van der Waals surface area contributed by atoms with Gasteiger partial charge >= 0.3 is 5.97 Å². The summed E-state index contributed by atoms with van der Waals surface area (Å²) in [5, 5.41) is 9.64. The molecule has 0 radical (unpaired) electrons. The summed E-state index contributed by atoms with van der Waals surface area (Å²) in [5.41, 5.74) is 7.57. The molecule has 4 N–H and O–H groups in total. The quantitative estimate of drug-likeness (QED) is 0.750. The molecule has 0 fully saturated rings. The van der Waals surface area contributed by atoms with Gasteiger partial charge in [0.05, 0.1) is 13.5 Å². The molecule has 0 saturated carbocycles. The molecule has 0 spiro atoms. The minimum absolute atomic E-state index is 0.0931. The highest BCUT2D eigenvalue weighted by Gasteiger charge is 2.15. The molecule has 1 aromatic heterocycles. The fourth-order valence-electron chi connectivity index (χ4n) is 1.85. The maximum atomic E-state index is 10.6. The van der Waals surface area contributed by atoms with Gasteiger partial charge in [-0.25, -0.2) is 0 Å². The van der Waals surface area contributed by atoms with Crippen molar-refractivity contribution in [2.75, 3.05) is 7.11 Å². The van der Waals surface area contributed by atoms with Gasteiger partial charge in [0.25, 0.3) is 0 Å². The Balaban J connectivity index is 2.43. The minimum Gasteiger partial charge on any atom is -0.497 e. The maximum Gasteiger partial charge on any atom is 0.305 e. The van der Waals surface area contributed by atoms with Gasteiger partial charge in [0.2, 0.25) is 0 Å². The zero-order valence-corrected chi connectivity index (χ0v) is 9.43. The Bertz CT molecular complexity index is 548. The SMILES string of the molecule is COc1ccc2[nH]cc([C@@H](N)CC(=O)O)c2c1. The lowest BCUT2D eigenvalue weighted by Crippen LogP contribution is -2.14. The number of nitrogens with two attached hydrogens (primary N) is 1. The summed E-state index contributed by atoms with van der Waals surface area (Å²) in [7, 11) is 1.59. The van der Waals surface area contributed by atoms with Crippen molar-refractivity contribution in [3.05, 3.63) is 30.0 Å². The Morgan fingerprint density at radius 1 is 1.59 bits per heavy atom. The van der Waals surface area contributed by atoms with Crippen molar-refractivity contribution in [2.24, 2.45) is 5.73 Å². The molecule has 0 aliphatic carbocycles. The van der Waals surface area contributed by atoms with Crippen molar-refractivity contribution >= 4 is 16.9 Å². The van der Waals surface area contributed by atoms with Crippen LogP contribution in [-0.2, 0) is 4.79 Å². The van der Waals surface area contributed by atoms with E-state index < -0.39 is 12.0 Å². The molecule has 5 nitrogen and oxygen atoms in total. The summed E-state index contributed by atoms with van der Waals surface area (Å²) in [5.74, 6) is -0.185. The first-order valence-corrected chi connectivity index (χ1v) is 5.24. The third-order valence-corrected chi connectivity index (χ3v) is 2.71. The number of aliphatic carboxylic acids is 1. The lowest BCUT2D eigenvalue weighted by molar-refractivity contribution is -0.137. The van der Waals surface area contributed by atoms with Gasteiger partial charge < -0.3 is 20.6 Å². The Hall–Kier alpha value is -2.01. The number of carboxylic acid groups (broad SMARTS) is 1. The number of ether oxygens (including phenoxy) is 1. The third-order valence-electron chi connectivity index (χ3n) is 2.71. The van der Waals surface area contributed by atoms with Crippen LogP contribution in [0.1, 0.15) is 18.0 Å². The van der Waals surface area contributed by atoms with E-state index in [-0.39, 0.29) is 6.42 Å². The summed E-state index contributed by atoms with van der Waals surface area (Å²) in [4.78, 5) is 13.7. The maximum absolute atomic E-state index is 10.6. The standard InChI is InChI=1S/C12H14N2O3/c1-17-7-2-3-11-8(4-7)9(6-14-11)10(13)5-12(15)16/h2-4,6,10,14H,5,13H2,1H3,(H,15,16)/t10-/m0/s1. The minimum atomic E-state index is -0.908. The zero-order valence-electron chi connectivity index (χ0n) is 9.43. The Labute approximate surface area is 98.2 Å². The van der Waals surface area contributed by atoms with Gasteiger partial charge in [-0.3, -0.25) is 4.79 Å². The van der Waals surface area contributed by atoms with Crippen LogP contribution in [0.25, 0.3) is 10.9 Å². The van der Waals surface area contributed by atoms with Gasteiger partial charge in [-0.1, -0.05) is 0 Å². The predicted octanol–water partition coefficient (Wildman–Crippen LogP) is 1.65. The molecule has 0 bridgehead atoms. The van der Waals surface area contributed by atoms with Gasteiger partial charge in [0.15, 0.2) is 0 Å². The monoisotopic (exact) mass is 234 g/mol. The highest BCUT2D eigenvalue weighted by atomic mass is 16.5. The first kappa shape index (κ1) is 11.5. The molecule has 1 atom stereocenters. The Morgan fingerprint density at radius 2 is 2.35 bits per heavy atom. The van der Waals surface area contributed by atoms with E-state index in [1.165, 1.54) is 0 Å². The number of fused-ring (bicyclic) bond motifs is 1. The van der Waals surface area contributed by atoms with Crippen LogP contribution in [-0.4, -0.2) is 23.2 Å². The zero-order chi connectivity index (χ0) is 12.4. The number of aromatic nitrogens is 1. The lowest BCUT2D eigenvalue weighted by Gasteiger charge is -2.08. The number of benzene rings is 1. The largest absolute Gasteiger partial charge is 0.497 e. The lowest BCUT2D eigenvalue weighted by atomic mass is 10.0. The van der Waals surface area contributed by atoms with Crippen LogP contribution in [0.2, 0.25) is 0 Å². The molecule has 0 amide bonds. The number of aromatic amines is 1. The van der Waals surface area contributed by atoms with Crippen molar-refractivity contribution in [1.82, 2.24) is 4.98 Å². The second kappa shape index (κ2) is 4.47. The molecule has 0 unspecified atom stereocenters. The van der Waals surface area contributed by atoms with Crippen LogP contribution < -0.4 is 10.5 Å². The van der Waals surface area contributed by atoms with Crippen LogP contribution >= 0.6 is 0 Å². The van der Waals surface area contributed by atoms with Crippen molar-refractivity contribution in [3.8, 4) is 5.75 Å². The topological polar surface area (TPSA) is 88.3 Å². The fourth-order valence-corrected chi connectivity index (χ4v) is 1.85. The van der Waals surface area contributed by atoms with Crippen molar-refractivity contribution in [3.63, 3.8) is 0 Å². The normalized spacial score (nSPS) is 12.6. The Morgan fingerprint density at radius 3 is 3.00 bits per heavy atom. The fraction of sp³-hybridized carbons (Fsp3) is 0.250. The number of carbonyl (C=O) groups is 1. The summed E-state index contributed by atoms with van der Waals surface area (Å²) >= 11 is 0. The van der Waals surface area contributed by atoms with Gasteiger partial charge in [-0.05, 0) is 23.8 Å². The molecule has 0 aliphatic heterocycles. The third kappa shape index (κ3) is 2.24. The molecular formula is C12H14N2O3. The molecule has 17 heavy (non-hydrogen) atoms. The van der Waals surface area contributed by atoms with Gasteiger partial charge in [0, 0.05) is 23.1 Å². The van der Waals surface area contributed by atoms with Crippen molar-refractivity contribution in [1.29, 1.82) is 0 Å².